The van der Waals surface area contributed by atoms with Gasteiger partial charge in [-0.2, -0.15) is 0 Å². The van der Waals surface area contributed by atoms with Crippen LogP contribution in [0.3, 0.4) is 0 Å². The Morgan fingerprint density at radius 3 is 2.80 bits per heavy atom. The van der Waals surface area contributed by atoms with E-state index in [4.69, 9.17) is 4.74 Å². The average molecular weight is 288 g/mol. The molecule has 0 saturated heterocycles. The molecule has 0 atom stereocenters. The molecular weight excluding hydrogens is 275 g/mol. The quantitative estimate of drug-likeness (QED) is 0.786. The molecule has 1 N–H and O–H groups in total. The number of thiazole rings is 1. The molecule has 2 aromatic carbocycles. The van der Waals surface area contributed by atoms with Crippen LogP contribution in [0.5, 0.6) is 5.75 Å². The number of hydrogen-bond donors (Lipinski definition) is 1. The summed E-state index contributed by atoms with van der Waals surface area (Å²) in [4.78, 5) is 4.00. The van der Waals surface area contributed by atoms with Gasteiger partial charge in [0.2, 0.25) is 0 Å². The normalized spacial score (nSPS) is 10.7. The highest BCUT2D eigenvalue weighted by Crippen LogP contribution is 2.25. The number of hydrogen-bond acceptors (Lipinski definition) is 4. The number of halogens is 1. The fourth-order valence-corrected chi connectivity index (χ4v) is 2.70. The zero-order chi connectivity index (χ0) is 13.9. The number of nitrogens with one attached hydrogen (secondary N) is 1. The fourth-order valence-electron chi connectivity index (χ4n) is 1.97. The lowest BCUT2D eigenvalue weighted by atomic mass is 10.2. The van der Waals surface area contributed by atoms with E-state index in [1.165, 1.54) is 17.4 Å². The minimum absolute atomic E-state index is 0.291. The molecule has 0 aliphatic rings. The van der Waals surface area contributed by atoms with Crippen LogP contribution in [0.4, 0.5) is 10.1 Å². The van der Waals surface area contributed by atoms with Gasteiger partial charge in [-0.25, -0.2) is 9.37 Å². The van der Waals surface area contributed by atoms with Gasteiger partial charge in [0.15, 0.2) is 5.82 Å². The first-order valence-electron chi connectivity index (χ1n) is 6.16. The van der Waals surface area contributed by atoms with Crippen LogP contribution in [-0.4, -0.2) is 12.1 Å². The van der Waals surface area contributed by atoms with Gasteiger partial charge < -0.3 is 10.1 Å². The largest absolute Gasteiger partial charge is 0.497 e. The molecule has 3 nitrogen and oxygen atoms in total. The fraction of sp³-hybridized carbons (Fsp3) is 0.133. The average Bonchev–Trinajstić information content (AvgIpc) is 2.94. The summed E-state index contributed by atoms with van der Waals surface area (Å²) in [6, 6.07) is 11.2. The molecule has 0 bridgehead atoms. The van der Waals surface area contributed by atoms with E-state index in [1.807, 2.05) is 30.3 Å². The van der Waals surface area contributed by atoms with Crippen molar-refractivity contribution in [2.75, 3.05) is 12.4 Å². The predicted octanol–water partition coefficient (Wildman–Crippen LogP) is 4.06. The first kappa shape index (κ1) is 12.9. The van der Waals surface area contributed by atoms with E-state index >= 15 is 0 Å². The van der Waals surface area contributed by atoms with Crippen molar-refractivity contribution in [3.8, 4) is 5.75 Å². The van der Waals surface area contributed by atoms with Crippen LogP contribution < -0.4 is 10.1 Å². The topological polar surface area (TPSA) is 34.1 Å². The summed E-state index contributed by atoms with van der Waals surface area (Å²) in [7, 11) is 1.64. The van der Waals surface area contributed by atoms with E-state index in [1.54, 1.807) is 12.6 Å². The molecule has 20 heavy (non-hydrogen) atoms. The molecule has 102 valence electrons. The van der Waals surface area contributed by atoms with E-state index in [0.29, 0.717) is 12.1 Å². The molecule has 3 rings (SSSR count). The van der Waals surface area contributed by atoms with Crippen molar-refractivity contribution in [2.24, 2.45) is 0 Å². The SMILES string of the molecule is COc1ccc(CNc2cc(F)c3ncsc3c2)cc1. The molecule has 0 fully saturated rings. The molecule has 0 saturated carbocycles. The van der Waals surface area contributed by atoms with Crippen LogP contribution >= 0.6 is 11.3 Å². The molecule has 5 heteroatoms. The van der Waals surface area contributed by atoms with E-state index < -0.39 is 0 Å². The summed E-state index contributed by atoms with van der Waals surface area (Å²) in [6.45, 7) is 0.633. The zero-order valence-electron chi connectivity index (χ0n) is 10.9. The summed E-state index contributed by atoms with van der Waals surface area (Å²) in [5.41, 5.74) is 3.96. The smallest absolute Gasteiger partial charge is 0.152 e. The van der Waals surface area contributed by atoms with Gasteiger partial charge in [0.25, 0.3) is 0 Å². The summed E-state index contributed by atoms with van der Waals surface area (Å²) >= 11 is 1.43. The van der Waals surface area contributed by atoms with Gasteiger partial charge in [-0.05, 0) is 29.8 Å². The Kier molecular flexibility index (Phi) is 3.52. The van der Waals surface area contributed by atoms with Gasteiger partial charge in [0.05, 0.1) is 17.3 Å². The number of benzene rings is 2. The summed E-state index contributed by atoms with van der Waals surface area (Å²) in [6.07, 6.45) is 0. The standard InChI is InChI=1S/C15H13FN2OS/c1-19-12-4-2-10(3-5-12)8-17-11-6-13(16)15-14(7-11)20-9-18-15/h2-7,9,17H,8H2,1H3. The van der Waals surface area contributed by atoms with Crippen LogP contribution in [0, 0.1) is 5.82 Å². The molecular formula is C15H13FN2OS. The van der Waals surface area contributed by atoms with Crippen LogP contribution in [0.2, 0.25) is 0 Å². The monoisotopic (exact) mass is 288 g/mol. The van der Waals surface area contributed by atoms with Crippen molar-refractivity contribution < 1.29 is 9.13 Å². The third-order valence-corrected chi connectivity index (χ3v) is 3.82. The molecule has 0 aliphatic carbocycles. The lowest BCUT2D eigenvalue weighted by molar-refractivity contribution is 0.414. The Morgan fingerprint density at radius 2 is 2.05 bits per heavy atom. The zero-order valence-corrected chi connectivity index (χ0v) is 11.7. The van der Waals surface area contributed by atoms with E-state index in [-0.39, 0.29) is 5.82 Å². The van der Waals surface area contributed by atoms with Gasteiger partial charge in [0.1, 0.15) is 11.3 Å². The van der Waals surface area contributed by atoms with Crippen LogP contribution in [0.25, 0.3) is 10.2 Å². The van der Waals surface area contributed by atoms with Crippen molar-refractivity contribution in [1.82, 2.24) is 4.98 Å². The number of ether oxygens (including phenoxy) is 1. The maximum absolute atomic E-state index is 13.8. The number of fused-ring (bicyclic) bond motifs is 1. The lowest BCUT2D eigenvalue weighted by Gasteiger charge is -2.08. The van der Waals surface area contributed by atoms with Crippen molar-refractivity contribution in [1.29, 1.82) is 0 Å². The van der Waals surface area contributed by atoms with Crippen molar-refractivity contribution >= 4 is 27.2 Å². The Hall–Kier alpha value is -2.14. The summed E-state index contributed by atoms with van der Waals surface area (Å²) in [5, 5.41) is 3.22. The van der Waals surface area contributed by atoms with E-state index in [0.717, 1.165) is 21.7 Å². The number of rotatable bonds is 4. The Bertz CT molecular complexity index is 724. The molecule has 0 radical (unpaired) electrons. The Labute approximate surface area is 120 Å². The number of anilines is 1. The van der Waals surface area contributed by atoms with Gasteiger partial charge in [-0.3, -0.25) is 0 Å². The second-order valence-electron chi connectivity index (χ2n) is 4.36. The highest BCUT2D eigenvalue weighted by Gasteiger charge is 2.06. The molecule has 0 unspecified atom stereocenters. The lowest BCUT2D eigenvalue weighted by Crippen LogP contribution is -1.99. The van der Waals surface area contributed by atoms with Gasteiger partial charge in [0, 0.05) is 12.2 Å². The number of aromatic nitrogens is 1. The molecule has 3 aromatic rings. The maximum Gasteiger partial charge on any atom is 0.152 e. The first-order chi connectivity index (χ1) is 9.76. The molecule has 1 heterocycles. The minimum Gasteiger partial charge on any atom is -0.497 e. The Morgan fingerprint density at radius 1 is 1.25 bits per heavy atom. The molecule has 0 spiro atoms. The van der Waals surface area contributed by atoms with E-state index in [2.05, 4.69) is 10.3 Å². The first-order valence-corrected chi connectivity index (χ1v) is 7.04. The third-order valence-electron chi connectivity index (χ3n) is 3.05. The number of nitrogens with zero attached hydrogens (tertiary/aromatic N) is 1. The molecule has 0 amide bonds. The third kappa shape index (κ3) is 2.58. The van der Waals surface area contributed by atoms with Crippen molar-refractivity contribution in [3.63, 3.8) is 0 Å². The molecule has 0 aliphatic heterocycles. The van der Waals surface area contributed by atoms with Crippen molar-refractivity contribution in [2.45, 2.75) is 6.54 Å². The summed E-state index contributed by atoms with van der Waals surface area (Å²) < 4.78 is 19.8. The number of methoxy groups -OCH3 is 1. The summed E-state index contributed by atoms with van der Waals surface area (Å²) in [5.74, 6) is 0.534. The van der Waals surface area contributed by atoms with Gasteiger partial charge in [-0.1, -0.05) is 12.1 Å². The molecule has 1 aromatic heterocycles. The van der Waals surface area contributed by atoms with Crippen LogP contribution in [0.15, 0.2) is 41.9 Å². The minimum atomic E-state index is -0.291. The van der Waals surface area contributed by atoms with Gasteiger partial charge in [-0.15, -0.1) is 11.3 Å². The van der Waals surface area contributed by atoms with Crippen molar-refractivity contribution in [3.05, 3.63) is 53.3 Å². The highest BCUT2D eigenvalue weighted by atomic mass is 32.1. The predicted molar refractivity (Wildman–Crippen MR) is 79.9 cm³/mol. The Balaban J connectivity index is 1.75. The second-order valence-corrected chi connectivity index (χ2v) is 5.25. The highest BCUT2D eigenvalue weighted by molar-refractivity contribution is 7.16. The van der Waals surface area contributed by atoms with Gasteiger partial charge >= 0.3 is 0 Å². The van der Waals surface area contributed by atoms with Crippen LogP contribution in [0.1, 0.15) is 5.56 Å². The van der Waals surface area contributed by atoms with E-state index in [9.17, 15) is 4.39 Å². The second kappa shape index (κ2) is 5.46. The van der Waals surface area contributed by atoms with Crippen LogP contribution in [-0.2, 0) is 6.54 Å². The maximum atomic E-state index is 13.8.